The highest BCUT2D eigenvalue weighted by molar-refractivity contribution is 7.08. The summed E-state index contributed by atoms with van der Waals surface area (Å²) in [5.41, 5.74) is 0.141. The number of thiophene rings is 1. The van der Waals surface area contributed by atoms with Crippen LogP contribution in [0.15, 0.2) is 35.0 Å². The molecular formula is C13H9NO5S. The van der Waals surface area contributed by atoms with Gasteiger partial charge in [0.1, 0.15) is 0 Å². The average molecular weight is 291 g/mol. The van der Waals surface area contributed by atoms with E-state index in [1.165, 1.54) is 23.5 Å². The molecule has 0 spiro atoms. The number of carbonyl (C=O) groups excluding carboxylic acids is 1. The van der Waals surface area contributed by atoms with Gasteiger partial charge in [-0.25, -0.2) is 9.59 Å². The van der Waals surface area contributed by atoms with Gasteiger partial charge in [0, 0.05) is 11.1 Å². The lowest BCUT2D eigenvalue weighted by Gasteiger charge is -2.07. The van der Waals surface area contributed by atoms with Gasteiger partial charge in [-0.15, -0.1) is 0 Å². The summed E-state index contributed by atoms with van der Waals surface area (Å²) in [7, 11) is 0. The summed E-state index contributed by atoms with van der Waals surface area (Å²) in [6.07, 6.45) is 0. The average Bonchev–Trinajstić information content (AvgIpc) is 2.92. The number of aromatic carboxylic acids is 2. The van der Waals surface area contributed by atoms with Crippen LogP contribution in [-0.4, -0.2) is 28.1 Å². The van der Waals surface area contributed by atoms with Crippen molar-refractivity contribution < 1.29 is 24.6 Å². The van der Waals surface area contributed by atoms with Crippen molar-refractivity contribution in [1.82, 2.24) is 0 Å². The molecule has 1 amide bonds. The van der Waals surface area contributed by atoms with Crippen molar-refractivity contribution in [2.45, 2.75) is 0 Å². The van der Waals surface area contributed by atoms with Gasteiger partial charge in [0.05, 0.1) is 16.7 Å². The van der Waals surface area contributed by atoms with Crippen LogP contribution in [0.3, 0.4) is 0 Å². The molecule has 0 saturated heterocycles. The number of benzene rings is 1. The number of nitrogens with one attached hydrogen (secondary N) is 1. The SMILES string of the molecule is O=C(O)c1cc(NC(=O)c2ccsc2)cc(C(=O)O)c1. The smallest absolute Gasteiger partial charge is 0.335 e. The topological polar surface area (TPSA) is 104 Å². The van der Waals surface area contributed by atoms with Crippen molar-refractivity contribution in [3.05, 3.63) is 51.7 Å². The molecule has 20 heavy (non-hydrogen) atoms. The third-order valence-corrected chi connectivity index (χ3v) is 3.15. The third kappa shape index (κ3) is 3.01. The minimum Gasteiger partial charge on any atom is -0.478 e. The molecule has 0 bridgehead atoms. The zero-order chi connectivity index (χ0) is 14.7. The normalized spacial score (nSPS) is 10.0. The zero-order valence-corrected chi connectivity index (χ0v) is 10.8. The zero-order valence-electron chi connectivity index (χ0n) is 9.99. The first-order valence-corrected chi connectivity index (χ1v) is 6.37. The number of hydrogen-bond donors (Lipinski definition) is 3. The van der Waals surface area contributed by atoms with Crippen LogP contribution in [0.25, 0.3) is 0 Å². The first kappa shape index (κ1) is 13.8. The van der Waals surface area contributed by atoms with Crippen molar-refractivity contribution in [3.8, 4) is 0 Å². The predicted octanol–water partition coefficient (Wildman–Crippen LogP) is 2.40. The number of carboxylic acids is 2. The molecule has 0 aliphatic heterocycles. The van der Waals surface area contributed by atoms with E-state index in [1.807, 2.05) is 0 Å². The standard InChI is InChI=1S/C13H9NO5S/c15-11(7-1-2-20-6-7)14-10-4-8(12(16)17)3-9(5-10)13(18)19/h1-6H,(H,14,15)(H,16,17)(H,18,19). The molecule has 0 aliphatic carbocycles. The van der Waals surface area contributed by atoms with Gasteiger partial charge < -0.3 is 15.5 Å². The van der Waals surface area contributed by atoms with Crippen LogP contribution >= 0.6 is 11.3 Å². The number of carbonyl (C=O) groups is 3. The summed E-state index contributed by atoms with van der Waals surface area (Å²) in [6.45, 7) is 0. The first-order chi connectivity index (χ1) is 9.47. The number of anilines is 1. The van der Waals surface area contributed by atoms with Crippen LogP contribution in [0.2, 0.25) is 0 Å². The Bertz CT molecular complexity index is 646. The molecule has 102 valence electrons. The van der Waals surface area contributed by atoms with Gasteiger partial charge in [-0.2, -0.15) is 11.3 Å². The molecule has 7 heteroatoms. The lowest BCUT2D eigenvalue weighted by atomic mass is 10.1. The Kier molecular flexibility index (Phi) is 3.81. The van der Waals surface area contributed by atoms with Crippen LogP contribution in [0.5, 0.6) is 0 Å². The van der Waals surface area contributed by atoms with Gasteiger partial charge in [-0.1, -0.05) is 0 Å². The Labute approximate surface area is 117 Å². The summed E-state index contributed by atoms with van der Waals surface area (Å²) in [4.78, 5) is 33.7. The van der Waals surface area contributed by atoms with E-state index < -0.39 is 17.8 Å². The van der Waals surface area contributed by atoms with Gasteiger partial charge in [-0.3, -0.25) is 4.79 Å². The fraction of sp³-hybridized carbons (Fsp3) is 0. The van der Waals surface area contributed by atoms with E-state index in [2.05, 4.69) is 5.32 Å². The molecule has 1 aromatic carbocycles. The minimum atomic E-state index is -1.26. The fourth-order valence-electron chi connectivity index (χ4n) is 1.54. The molecule has 3 N–H and O–H groups in total. The molecule has 0 saturated carbocycles. The van der Waals surface area contributed by atoms with Crippen molar-refractivity contribution in [1.29, 1.82) is 0 Å². The summed E-state index contributed by atoms with van der Waals surface area (Å²) in [5, 5.41) is 23.7. The van der Waals surface area contributed by atoms with Crippen molar-refractivity contribution >= 4 is 34.9 Å². The third-order valence-electron chi connectivity index (χ3n) is 2.47. The molecule has 0 radical (unpaired) electrons. The largest absolute Gasteiger partial charge is 0.478 e. The maximum absolute atomic E-state index is 11.8. The minimum absolute atomic E-state index is 0.124. The second-order valence-corrected chi connectivity index (χ2v) is 4.66. The quantitative estimate of drug-likeness (QED) is 0.802. The Hall–Kier alpha value is -2.67. The molecule has 0 atom stereocenters. The first-order valence-electron chi connectivity index (χ1n) is 5.42. The monoisotopic (exact) mass is 291 g/mol. The molecule has 2 rings (SSSR count). The maximum Gasteiger partial charge on any atom is 0.335 e. The predicted molar refractivity (Wildman–Crippen MR) is 72.6 cm³/mol. The van der Waals surface area contributed by atoms with Crippen LogP contribution < -0.4 is 5.32 Å². The van der Waals surface area contributed by atoms with Gasteiger partial charge in [0.15, 0.2) is 0 Å². The van der Waals surface area contributed by atoms with E-state index in [0.717, 1.165) is 6.07 Å². The summed E-state index contributed by atoms with van der Waals surface area (Å²) >= 11 is 1.35. The van der Waals surface area contributed by atoms with E-state index in [0.29, 0.717) is 5.56 Å². The molecule has 6 nitrogen and oxygen atoms in total. The maximum atomic E-state index is 11.8. The molecule has 2 aromatic rings. The Balaban J connectivity index is 2.33. The Morgan fingerprint density at radius 2 is 1.55 bits per heavy atom. The summed E-state index contributed by atoms with van der Waals surface area (Å²) in [6, 6.07) is 5.06. The van der Waals surface area contributed by atoms with Gasteiger partial charge in [0.2, 0.25) is 0 Å². The van der Waals surface area contributed by atoms with Crippen molar-refractivity contribution in [3.63, 3.8) is 0 Å². The van der Waals surface area contributed by atoms with Gasteiger partial charge in [0.25, 0.3) is 5.91 Å². The highest BCUT2D eigenvalue weighted by atomic mass is 32.1. The number of hydrogen-bond acceptors (Lipinski definition) is 4. The number of amides is 1. The fourth-order valence-corrected chi connectivity index (χ4v) is 2.18. The van der Waals surface area contributed by atoms with Crippen LogP contribution in [-0.2, 0) is 0 Å². The van der Waals surface area contributed by atoms with Crippen molar-refractivity contribution in [2.75, 3.05) is 5.32 Å². The second-order valence-electron chi connectivity index (χ2n) is 3.88. The van der Waals surface area contributed by atoms with Crippen LogP contribution in [0.1, 0.15) is 31.1 Å². The molecular weight excluding hydrogens is 282 g/mol. The molecule has 0 unspecified atom stereocenters. The molecule has 1 heterocycles. The molecule has 0 fully saturated rings. The molecule has 0 aliphatic rings. The number of carboxylic acid groups (broad SMARTS) is 2. The lowest BCUT2D eigenvalue weighted by Crippen LogP contribution is -2.12. The van der Waals surface area contributed by atoms with Crippen LogP contribution in [0, 0.1) is 0 Å². The van der Waals surface area contributed by atoms with E-state index in [4.69, 9.17) is 10.2 Å². The lowest BCUT2D eigenvalue weighted by molar-refractivity contribution is 0.0696. The number of rotatable bonds is 4. The Morgan fingerprint density at radius 3 is 2.00 bits per heavy atom. The van der Waals surface area contributed by atoms with E-state index in [1.54, 1.807) is 16.8 Å². The van der Waals surface area contributed by atoms with E-state index in [-0.39, 0.29) is 16.8 Å². The highest BCUT2D eigenvalue weighted by Gasteiger charge is 2.13. The second kappa shape index (κ2) is 5.54. The molecule has 1 aromatic heterocycles. The summed E-state index contributed by atoms with van der Waals surface area (Å²) < 4.78 is 0. The van der Waals surface area contributed by atoms with E-state index >= 15 is 0 Å². The highest BCUT2D eigenvalue weighted by Crippen LogP contribution is 2.17. The van der Waals surface area contributed by atoms with Crippen LogP contribution in [0.4, 0.5) is 5.69 Å². The summed E-state index contributed by atoms with van der Waals surface area (Å²) in [5.74, 6) is -2.96. The van der Waals surface area contributed by atoms with Gasteiger partial charge >= 0.3 is 11.9 Å². The van der Waals surface area contributed by atoms with Crippen molar-refractivity contribution in [2.24, 2.45) is 0 Å². The van der Waals surface area contributed by atoms with E-state index in [9.17, 15) is 14.4 Å². The Morgan fingerprint density at radius 1 is 0.950 bits per heavy atom. The van der Waals surface area contributed by atoms with Gasteiger partial charge in [-0.05, 0) is 29.6 Å².